The van der Waals surface area contributed by atoms with Gasteiger partial charge in [0.15, 0.2) is 0 Å². The summed E-state index contributed by atoms with van der Waals surface area (Å²) in [5.41, 5.74) is 14.5. The SMILES string of the molecule is CC(Cc1ccc2c(c1)c1ccc(C(C)(C)C)cc1n2-c1ccc(C(C)(C)C)cc1)c1cccc(-n2c3ccccc3c3ccc(C(C)(C)C)cc32)c1. The molecule has 6 aromatic carbocycles. The van der Waals surface area contributed by atoms with Crippen molar-refractivity contribution in [3.63, 3.8) is 0 Å². The van der Waals surface area contributed by atoms with E-state index in [1.807, 2.05) is 0 Å². The third-order valence-corrected chi connectivity index (χ3v) is 11.5. The summed E-state index contributed by atoms with van der Waals surface area (Å²) in [5.74, 6) is 0.344. The highest BCUT2D eigenvalue weighted by molar-refractivity contribution is 6.10. The maximum Gasteiger partial charge on any atom is 0.0544 e. The molecule has 0 radical (unpaired) electrons. The van der Waals surface area contributed by atoms with Crippen LogP contribution in [0.1, 0.15) is 103 Å². The first-order valence-corrected chi connectivity index (χ1v) is 19.4. The number of nitrogens with zero attached hydrogens (tertiary/aromatic N) is 2. The molecule has 2 heterocycles. The minimum atomic E-state index is 0.0643. The maximum absolute atomic E-state index is 2.47. The Morgan fingerprint density at radius 3 is 1.57 bits per heavy atom. The molecular formula is C51H54N2. The van der Waals surface area contributed by atoms with Crippen molar-refractivity contribution >= 4 is 43.6 Å². The van der Waals surface area contributed by atoms with Crippen molar-refractivity contribution in [1.29, 1.82) is 0 Å². The molecule has 0 amide bonds. The van der Waals surface area contributed by atoms with Crippen molar-refractivity contribution in [1.82, 2.24) is 9.13 Å². The molecule has 2 aromatic heterocycles. The van der Waals surface area contributed by atoms with Gasteiger partial charge in [-0.15, -0.1) is 0 Å². The number of hydrogen-bond donors (Lipinski definition) is 0. The predicted molar refractivity (Wildman–Crippen MR) is 230 cm³/mol. The van der Waals surface area contributed by atoms with Crippen LogP contribution in [0, 0.1) is 0 Å². The Kier molecular flexibility index (Phi) is 8.26. The van der Waals surface area contributed by atoms with Gasteiger partial charge < -0.3 is 9.13 Å². The molecule has 53 heavy (non-hydrogen) atoms. The van der Waals surface area contributed by atoms with Crippen LogP contribution < -0.4 is 0 Å². The summed E-state index contributed by atoms with van der Waals surface area (Å²) in [5, 5.41) is 5.23. The average molecular weight is 695 g/mol. The molecule has 8 rings (SSSR count). The molecule has 0 N–H and O–H groups in total. The Bertz CT molecular complexity index is 2640. The van der Waals surface area contributed by atoms with Gasteiger partial charge in [0, 0.05) is 32.9 Å². The van der Waals surface area contributed by atoms with Crippen LogP contribution in [0.3, 0.4) is 0 Å². The highest BCUT2D eigenvalue weighted by Gasteiger charge is 2.21. The third-order valence-electron chi connectivity index (χ3n) is 11.5. The van der Waals surface area contributed by atoms with E-state index in [1.54, 1.807) is 0 Å². The van der Waals surface area contributed by atoms with Crippen molar-refractivity contribution < 1.29 is 0 Å². The van der Waals surface area contributed by atoms with Crippen molar-refractivity contribution in [2.45, 2.75) is 97.8 Å². The molecule has 0 bridgehead atoms. The van der Waals surface area contributed by atoms with E-state index in [1.165, 1.54) is 82.8 Å². The molecule has 1 unspecified atom stereocenters. The van der Waals surface area contributed by atoms with Gasteiger partial charge in [0.25, 0.3) is 0 Å². The molecule has 0 spiro atoms. The molecule has 0 saturated carbocycles. The van der Waals surface area contributed by atoms with Crippen molar-refractivity contribution in [2.75, 3.05) is 0 Å². The second-order valence-corrected chi connectivity index (χ2v) is 18.5. The van der Waals surface area contributed by atoms with E-state index >= 15 is 0 Å². The normalized spacial score (nSPS) is 13.5. The first-order chi connectivity index (χ1) is 25.1. The van der Waals surface area contributed by atoms with Gasteiger partial charge in [0.05, 0.1) is 22.1 Å². The zero-order chi connectivity index (χ0) is 37.4. The number of rotatable bonds is 5. The number of fused-ring (bicyclic) bond motifs is 6. The number of hydrogen-bond acceptors (Lipinski definition) is 0. The highest BCUT2D eigenvalue weighted by atomic mass is 15.0. The van der Waals surface area contributed by atoms with Gasteiger partial charge in [0.1, 0.15) is 0 Å². The molecule has 8 aromatic rings. The van der Waals surface area contributed by atoms with E-state index < -0.39 is 0 Å². The van der Waals surface area contributed by atoms with E-state index in [0.717, 1.165) is 6.42 Å². The minimum absolute atomic E-state index is 0.0643. The summed E-state index contributed by atoms with van der Waals surface area (Å²) in [6.45, 7) is 23.0. The van der Waals surface area contributed by atoms with Crippen LogP contribution in [0.25, 0.3) is 55.0 Å². The fourth-order valence-electron chi connectivity index (χ4n) is 8.21. The van der Waals surface area contributed by atoms with Gasteiger partial charge in [0.2, 0.25) is 0 Å². The molecule has 2 heteroatoms. The van der Waals surface area contributed by atoms with E-state index in [-0.39, 0.29) is 16.2 Å². The average Bonchev–Trinajstić information content (AvgIpc) is 3.62. The standard InChI is InChI=1S/C51H54N2/c1-33(35-14-13-15-40(30-35)53-45-17-12-11-16-41(45)42-25-21-37(31-47(42)53)50(5,6)7)28-34-18-27-46-44(29-34)43-26-22-38(51(8,9)10)32-48(43)52(46)39-23-19-36(20-24-39)49(2,3)4/h11-27,29-33H,28H2,1-10H3. The second kappa shape index (κ2) is 12.5. The summed E-state index contributed by atoms with van der Waals surface area (Å²) in [7, 11) is 0. The van der Waals surface area contributed by atoms with Gasteiger partial charge in [-0.2, -0.15) is 0 Å². The summed E-state index contributed by atoms with van der Waals surface area (Å²) >= 11 is 0. The van der Waals surface area contributed by atoms with E-state index in [2.05, 4.69) is 206 Å². The zero-order valence-corrected chi connectivity index (χ0v) is 33.3. The van der Waals surface area contributed by atoms with Gasteiger partial charge in [-0.3, -0.25) is 0 Å². The van der Waals surface area contributed by atoms with Gasteiger partial charge in [-0.25, -0.2) is 0 Å². The second-order valence-electron chi connectivity index (χ2n) is 18.5. The lowest BCUT2D eigenvalue weighted by atomic mass is 9.86. The van der Waals surface area contributed by atoms with Crippen LogP contribution in [0.15, 0.2) is 127 Å². The van der Waals surface area contributed by atoms with Crippen molar-refractivity contribution in [2.24, 2.45) is 0 Å². The fraction of sp³-hybridized carbons (Fsp3) is 0.294. The van der Waals surface area contributed by atoms with Gasteiger partial charge >= 0.3 is 0 Å². The van der Waals surface area contributed by atoms with Crippen LogP contribution in [0.5, 0.6) is 0 Å². The van der Waals surface area contributed by atoms with E-state index in [9.17, 15) is 0 Å². The topological polar surface area (TPSA) is 9.86 Å². The van der Waals surface area contributed by atoms with Crippen molar-refractivity contribution in [3.05, 3.63) is 155 Å². The fourth-order valence-corrected chi connectivity index (χ4v) is 8.21. The number of aromatic nitrogens is 2. The Morgan fingerprint density at radius 2 is 0.943 bits per heavy atom. The molecular weight excluding hydrogens is 641 g/mol. The summed E-state index contributed by atoms with van der Waals surface area (Å²) < 4.78 is 4.94. The third kappa shape index (κ3) is 6.27. The lowest BCUT2D eigenvalue weighted by Crippen LogP contribution is -2.11. The van der Waals surface area contributed by atoms with Gasteiger partial charge in [-0.1, -0.05) is 142 Å². The predicted octanol–water partition coefficient (Wildman–Crippen LogP) is 14.1. The maximum atomic E-state index is 2.47. The minimum Gasteiger partial charge on any atom is -0.309 e. The summed E-state index contributed by atoms with van der Waals surface area (Å²) in [4.78, 5) is 0. The summed E-state index contributed by atoms with van der Waals surface area (Å²) in [6.07, 6.45) is 0.966. The lowest BCUT2D eigenvalue weighted by Gasteiger charge is -2.20. The molecule has 0 fully saturated rings. The number of benzene rings is 6. The van der Waals surface area contributed by atoms with Crippen LogP contribution in [-0.4, -0.2) is 9.13 Å². The Labute approximate surface area is 316 Å². The zero-order valence-electron chi connectivity index (χ0n) is 33.3. The van der Waals surface area contributed by atoms with Crippen LogP contribution >= 0.6 is 0 Å². The van der Waals surface area contributed by atoms with Crippen LogP contribution in [0.2, 0.25) is 0 Å². The van der Waals surface area contributed by atoms with E-state index in [0.29, 0.717) is 5.92 Å². The van der Waals surface area contributed by atoms with Crippen molar-refractivity contribution in [3.8, 4) is 11.4 Å². The largest absolute Gasteiger partial charge is 0.309 e. The van der Waals surface area contributed by atoms with Crippen LogP contribution in [0.4, 0.5) is 0 Å². The molecule has 268 valence electrons. The van der Waals surface area contributed by atoms with Crippen LogP contribution in [-0.2, 0) is 22.7 Å². The Morgan fingerprint density at radius 1 is 0.415 bits per heavy atom. The quantitative estimate of drug-likeness (QED) is 0.170. The monoisotopic (exact) mass is 694 g/mol. The lowest BCUT2D eigenvalue weighted by molar-refractivity contribution is 0.590. The first-order valence-electron chi connectivity index (χ1n) is 19.4. The van der Waals surface area contributed by atoms with Gasteiger partial charge in [-0.05, 0) is 111 Å². The molecule has 2 nitrogen and oxygen atoms in total. The molecule has 0 saturated heterocycles. The summed E-state index contributed by atoms with van der Waals surface area (Å²) in [6, 6.07) is 48.6. The Hall–Kier alpha value is -5.08. The molecule has 0 aliphatic rings. The smallest absolute Gasteiger partial charge is 0.0544 e. The Balaban J connectivity index is 1.19. The molecule has 1 atom stereocenters. The van der Waals surface area contributed by atoms with E-state index in [4.69, 9.17) is 0 Å². The molecule has 0 aliphatic carbocycles. The molecule has 0 aliphatic heterocycles. The highest BCUT2D eigenvalue weighted by Crippen LogP contribution is 2.39. The number of para-hydroxylation sites is 1. The first kappa shape index (κ1) is 35.0.